The molecule has 10 nitrogen and oxygen atoms in total. The van der Waals surface area contributed by atoms with E-state index in [1.165, 1.54) is 6.07 Å². The number of halogens is 2. The van der Waals surface area contributed by atoms with Gasteiger partial charge in [-0.25, -0.2) is 13.8 Å². The number of anilines is 1. The third-order valence-corrected chi connectivity index (χ3v) is 8.64. The second-order valence-electron chi connectivity index (χ2n) is 11.4. The molecule has 3 heterocycles. The van der Waals surface area contributed by atoms with Gasteiger partial charge in [-0.05, 0) is 73.1 Å². The van der Waals surface area contributed by atoms with E-state index in [-0.39, 0.29) is 0 Å². The monoisotopic (exact) mass is 613 g/mol. The van der Waals surface area contributed by atoms with Crippen LogP contribution in [0.25, 0.3) is 16.5 Å². The zero-order valence-corrected chi connectivity index (χ0v) is 24.6. The van der Waals surface area contributed by atoms with Gasteiger partial charge in [-0.2, -0.15) is 0 Å². The summed E-state index contributed by atoms with van der Waals surface area (Å²) in [6.07, 6.45) is 5.91. The molecule has 1 unspecified atom stereocenters. The van der Waals surface area contributed by atoms with E-state index in [0.29, 0.717) is 42.4 Å². The molecule has 1 amide bonds. The number of pyridine rings is 1. The highest BCUT2D eigenvalue weighted by Crippen LogP contribution is 2.47. The van der Waals surface area contributed by atoms with Gasteiger partial charge in [-0.3, -0.25) is 19.5 Å². The normalized spacial score (nSPS) is 17.8. The van der Waals surface area contributed by atoms with Crippen LogP contribution in [0.3, 0.4) is 0 Å². The van der Waals surface area contributed by atoms with E-state index in [0.717, 1.165) is 79.0 Å². The molecule has 1 atom stereocenters. The Hall–Kier alpha value is -4.84. The Morgan fingerprint density at radius 2 is 1.73 bits per heavy atom. The molecule has 2 aromatic carbocycles. The molecule has 0 saturated carbocycles. The number of carbonyl (C=O) groups is 2. The van der Waals surface area contributed by atoms with E-state index < -0.39 is 29.4 Å². The number of rotatable bonds is 6. The summed E-state index contributed by atoms with van der Waals surface area (Å²) in [5, 5.41) is 19.4. The molecule has 0 radical (unpaired) electrons. The fraction of sp³-hybridized carbons (Fsp3) is 0.333. The fourth-order valence-corrected chi connectivity index (χ4v) is 6.29. The Bertz CT molecular complexity index is 1780. The van der Waals surface area contributed by atoms with Crippen molar-refractivity contribution in [2.45, 2.75) is 38.0 Å². The number of carboxylic acids is 1. The van der Waals surface area contributed by atoms with E-state index in [2.05, 4.69) is 25.1 Å². The number of amides is 1. The van der Waals surface area contributed by atoms with Gasteiger partial charge in [0.15, 0.2) is 11.6 Å². The number of aliphatic carboxylic acids is 1. The molecule has 45 heavy (non-hydrogen) atoms. The van der Waals surface area contributed by atoms with Crippen LogP contribution in [0.15, 0.2) is 60.3 Å². The summed E-state index contributed by atoms with van der Waals surface area (Å²) in [4.78, 5) is 36.1. The van der Waals surface area contributed by atoms with Gasteiger partial charge in [0, 0.05) is 44.3 Å². The number of allylic oxidation sites excluding steroid dienone is 1. The number of carbonyl (C=O) groups excluding carboxylic acids is 1. The summed E-state index contributed by atoms with van der Waals surface area (Å²) in [5.41, 5.74) is 10.5. The lowest BCUT2D eigenvalue weighted by atomic mass is 9.88. The third kappa shape index (κ3) is 6.37. The van der Waals surface area contributed by atoms with Crippen molar-refractivity contribution in [3.8, 4) is 0 Å². The number of hydrogen-bond donors (Lipinski definition) is 2. The van der Waals surface area contributed by atoms with Crippen molar-refractivity contribution in [2.75, 3.05) is 37.6 Å². The second-order valence-corrected chi connectivity index (χ2v) is 11.4. The minimum atomic E-state index is -0.869. The second kappa shape index (κ2) is 13.0. The van der Waals surface area contributed by atoms with Crippen LogP contribution in [0.1, 0.15) is 58.9 Å². The Morgan fingerprint density at radius 1 is 0.956 bits per heavy atom. The quantitative estimate of drug-likeness (QED) is 0.325. The lowest BCUT2D eigenvalue weighted by Gasteiger charge is -2.34. The van der Waals surface area contributed by atoms with E-state index in [1.54, 1.807) is 18.3 Å². The van der Waals surface area contributed by atoms with Gasteiger partial charge in [-0.1, -0.05) is 24.3 Å². The molecule has 3 N–H and O–H groups in total. The highest BCUT2D eigenvalue weighted by atomic mass is 19.2. The molecule has 2 aromatic heterocycles. The number of primary amides is 1. The lowest BCUT2D eigenvalue weighted by Crippen LogP contribution is -2.47. The molecular weight excluding hydrogens is 580 g/mol. The third-order valence-electron chi connectivity index (χ3n) is 8.64. The first-order valence-corrected chi connectivity index (χ1v) is 15.0. The van der Waals surface area contributed by atoms with Gasteiger partial charge in [0.1, 0.15) is 11.6 Å². The molecule has 0 bridgehead atoms. The number of piperazine rings is 1. The van der Waals surface area contributed by atoms with Crippen molar-refractivity contribution in [2.24, 2.45) is 5.73 Å². The highest BCUT2D eigenvalue weighted by Gasteiger charge is 2.40. The van der Waals surface area contributed by atoms with E-state index in [4.69, 9.17) is 5.73 Å². The Morgan fingerprint density at radius 3 is 2.49 bits per heavy atom. The summed E-state index contributed by atoms with van der Waals surface area (Å²) in [6.45, 7) is 3.70. The van der Waals surface area contributed by atoms with Crippen LogP contribution in [-0.4, -0.2) is 74.8 Å². The van der Waals surface area contributed by atoms with Gasteiger partial charge in [0.2, 0.25) is 11.9 Å². The number of benzene rings is 2. The number of nitrogens with two attached hydrogens (primary N) is 1. The smallest absolute Gasteiger partial charge is 0.316 e. The van der Waals surface area contributed by atoms with Crippen LogP contribution in [0, 0.1) is 11.6 Å². The molecule has 1 aliphatic heterocycles. The number of nitrogens with zero attached hydrogens (tertiary/aromatic N) is 6. The Balaban J connectivity index is 0.000000229. The molecule has 1 fully saturated rings. The van der Waals surface area contributed by atoms with Gasteiger partial charge in [0.05, 0.1) is 16.8 Å². The van der Waals surface area contributed by atoms with Crippen molar-refractivity contribution in [1.29, 1.82) is 0 Å². The maximum atomic E-state index is 13.4. The standard InChI is InChI=1S/C23H25F2N5O2.C10H8N2O/c24-17-6-5-14(13-18(17)25)7-8-29-9-11-30(12-10-29)23-26-21-19(22(31)32)15-3-1-2-4-16(15)20(21)27-28-23;11-10(13)8-5-6-12-9-4-2-1-3-7(8)9/h5-6,13,19H,1-4,7-12H2,(H,31,32);1-6H,(H2,11,13). The minimum absolute atomic E-state index is 0.418. The molecule has 3 aliphatic rings. The molecule has 4 aromatic rings. The maximum Gasteiger partial charge on any atom is 0.316 e. The first-order valence-electron chi connectivity index (χ1n) is 15.0. The van der Waals surface area contributed by atoms with Gasteiger partial charge < -0.3 is 15.7 Å². The lowest BCUT2D eigenvalue weighted by molar-refractivity contribution is -0.137. The van der Waals surface area contributed by atoms with Crippen molar-refractivity contribution in [1.82, 2.24) is 25.1 Å². The number of hydrogen-bond acceptors (Lipinski definition) is 8. The minimum Gasteiger partial charge on any atom is -0.480 e. The van der Waals surface area contributed by atoms with E-state index >= 15 is 0 Å². The Labute approximate surface area is 258 Å². The molecular formula is C33H33F2N7O3. The summed E-state index contributed by atoms with van der Waals surface area (Å²) in [5.74, 6) is -3.15. The molecule has 12 heteroatoms. The van der Waals surface area contributed by atoms with E-state index in [9.17, 15) is 23.5 Å². The molecule has 2 aliphatic carbocycles. The molecule has 232 valence electrons. The first-order chi connectivity index (χ1) is 21.8. The molecule has 7 rings (SSSR count). The summed E-state index contributed by atoms with van der Waals surface area (Å²) < 4.78 is 26.5. The van der Waals surface area contributed by atoms with Gasteiger partial charge >= 0.3 is 5.97 Å². The predicted octanol–water partition coefficient (Wildman–Crippen LogP) is 4.36. The summed E-state index contributed by atoms with van der Waals surface area (Å²) >= 11 is 0. The maximum absolute atomic E-state index is 13.4. The predicted molar refractivity (Wildman–Crippen MR) is 165 cm³/mol. The first kappa shape index (κ1) is 30.2. The van der Waals surface area contributed by atoms with Crippen LogP contribution >= 0.6 is 0 Å². The average molecular weight is 614 g/mol. The van der Waals surface area contributed by atoms with Crippen molar-refractivity contribution in [3.63, 3.8) is 0 Å². The highest BCUT2D eigenvalue weighted by molar-refractivity contribution is 6.05. The van der Waals surface area contributed by atoms with Crippen molar-refractivity contribution < 1.29 is 23.5 Å². The average Bonchev–Trinajstić information content (AvgIpc) is 3.39. The van der Waals surface area contributed by atoms with Gasteiger partial charge in [-0.15, -0.1) is 10.2 Å². The van der Waals surface area contributed by atoms with Crippen LogP contribution in [0.2, 0.25) is 0 Å². The number of aromatic nitrogens is 4. The van der Waals surface area contributed by atoms with Crippen LogP contribution in [0.5, 0.6) is 0 Å². The van der Waals surface area contributed by atoms with E-state index in [1.807, 2.05) is 29.2 Å². The Kier molecular flexibility index (Phi) is 8.74. The molecule has 1 saturated heterocycles. The zero-order chi connectivity index (χ0) is 31.5. The summed E-state index contributed by atoms with van der Waals surface area (Å²) in [6, 6.07) is 13.1. The topological polar surface area (TPSA) is 138 Å². The number of carboxylic acid groups (broad SMARTS) is 1. The van der Waals surface area contributed by atoms with Crippen LogP contribution in [-0.2, 0) is 11.2 Å². The summed E-state index contributed by atoms with van der Waals surface area (Å²) in [7, 11) is 0. The van der Waals surface area contributed by atoms with Crippen LogP contribution < -0.4 is 10.6 Å². The zero-order valence-electron chi connectivity index (χ0n) is 24.6. The van der Waals surface area contributed by atoms with Crippen molar-refractivity contribution in [3.05, 3.63) is 94.5 Å². The number of para-hydroxylation sites is 1. The van der Waals surface area contributed by atoms with Crippen molar-refractivity contribution >= 4 is 34.3 Å². The SMILES string of the molecule is NC(=O)c1ccnc2ccccc12.O=C(O)C1C2=C(CCCC2)c2nnc(N3CCN(CCc4ccc(F)c(F)c4)CC3)nc21. The van der Waals surface area contributed by atoms with Gasteiger partial charge in [0.25, 0.3) is 0 Å². The fourth-order valence-electron chi connectivity index (χ4n) is 6.29. The number of fused-ring (bicyclic) bond motifs is 3. The largest absolute Gasteiger partial charge is 0.480 e. The molecule has 0 spiro atoms. The van der Waals surface area contributed by atoms with Crippen LogP contribution in [0.4, 0.5) is 14.7 Å².